The largest absolute Gasteiger partial charge is 0.444 e. The number of hydrogen-bond acceptors (Lipinski definition) is 9. The first-order valence-corrected chi connectivity index (χ1v) is 13.7. The number of amides is 2. The molecule has 2 N–H and O–H groups in total. The van der Waals surface area contributed by atoms with E-state index in [1.165, 1.54) is 43.4 Å². The lowest BCUT2D eigenvalue weighted by molar-refractivity contribution is 0.0379. The number of alkyl carbamates (subject to hydrolysis) is 1. The van der Waals surface area contributed by atoms with E-state index in [0.29, 0.717) is 21.4 Å². The van der Waals surface area contributed by atoms with Crippen LogP contribution in [0, 0.1) is 0 Å². The summed E-state index contributed by atoms with van der Waals surface area (Å²) < 4.78 is 43.3. The molecule has 0 atom stereocenters. The van der Waals surface area contributed by atoms with Crippen molar-refractivity contribution in [3.63, 3.8) is 0 Å². The lowest BCUT2D eigenvalue weighted by Gasteiger charge is -2.26. The first-order chi connectivity index (χ1) is 18.4. The van der Waals surface area contributed by atoms with Crippen molar-refractivity contribution in [3.8, 4) is 5.75 Å². The fourth-order valence-corrected chi connectivity index (χ4v) is 3.78. The minimum atomic E-state index is -4.13. The van der Waals surface area contributed by atoms with E-state index in [4.69, 9.17) is 14.2 Å². The van der Waals surface area contributed by atoms with E-state index in [0.717, 1.165) is 0 Å². The van der Waals surface area contributed by atoms with Gasteiger partial charge in [0.25, 0.3) is 0 Å². The van der Waals surface area contributed by atoms with Crippen molar-refractivity contribution < 1.29 is 37.0 Å². The summed E-state index contributed by atoms with van der Waals surface area (Å²) >= 11 is 0. The Hall–Kier alpha value is -3.97. The van der Waals surface area contributed by atoms with Gasteiger partial charge in [0.05, 0.1) is 17.8 Å². The molecule has 2 aromatic rings. The van der Waals surface area contributed by atoms with E-state index in [2.05, 4.69) is 15.0 Å². The lowest BCUT2D eigenvalue weighted by Crippen LogP contribution is -2.44. The number of carbonyl (C=O) groups is 3. The third kappa shape index (κ3) is 10.7. The molecule has 0 saturated carbocycles. The minimum absolute atomic E-state index is 0.216. The van der Waals surface area contributed by atoms with E-state index in [9.17, 15) is 22.8 Å². The van der Waals surface area contributed by atoms with Gasteiger partial charge in [-0.1, -0.05) is 12.1 Å². The summed E-state index contributed by atoms with van der Waals surface area (Å²) in [7, 11) is -2.94. The molecular weight excluding hydrogens is 540 g/mol. The number of esters is 1. The smallest absolute Gasteiger partial charge is 0.425 e. The molecule has 0 unspecified atom stereocenters. The van der Waals surface area contributed by atoms with Gasteiger partial charge in [-0.3, -0.25) is 5.32 Å². The Morgan fingerprint density at radius 3 is 1.93 bits per heavy atom. The second kappa shape index (κ2) is 12.9. The van der Waals surface area contributed by atoms with E-state index >= 15 is 0 Å². The van der Waals surface area contributed by atoms with Gasteiger partial charge >= 0.3 is 28.4 Å². The van der Waals surface area contributed by atoms with E-state index in [1.807, 2.05) is 0 Å². The molecule has 2 rings (SSSR count). The van der Waals surface area contributed by atoms with Crippen molar-refractivity contribution in [1.29, 1.82) is 0 Å². The summed E-state index contributed by atoms with van der Waals surface area (Å²) in [4.78, 5) is 41.2. The van der Waals surface area contributed by atoms with Crippen LogP contribution in [-0.4, -0.2) is 55.0 Å². The fraction of sp³-hybridized carbons (Fsp3) is 0.407. The molecule has 0 aliphatic heterocycles. The van der Waals surface area contributed by atoms with E-state index in [1.54, 1.807) is 60.6 Å². The van der Waals surface area contributed by atoms with Crippen LogP contribution in [0.25, 0.3) is 0 Å². The number of nitrogens with zero attached hydrogens (tertiary/aromatic N) is 2. The molecule has 0 spiro atoms. The number of nitrogens with one attached hydrogen (secondary N) is 2. The zero-order valence-electron chi connectivity index (χ0n) is 23.9. The Kier molecular flexibility index (Phi) is 10.4. The minimum Gasteiger partial charge on any atom is -0.444 e. The maximum absolute atomic E-state index is 12.6. The highest BCUT2D eigenvalue weighted by atomic mass is 32.2. The molecular formula is C27H36N4O8S. The van der Waals surface area contributed by atoms with Gasteiger partial charge in [-0.25, -0.2) is 24.1 Å². The number of aliphatic imine (C=N–C) groups is 1. The highest BCUT2D eigenvalue weighted by molar-refractivity contribution is 7.87. The van der Waals surface area contributed by atoms with Crippen molar-refractivity contribution in [2.45, 2.75) is 66.2 Å². The fourth-order valence-electron chi connectivity index (χ4n) is 3.01. The number of carbonyl (C=O) groups excluding carboxylic acids is 3. The van der Waals surface area contributed by atoms with Gasteiger partial charge in [0.1, 0.15) is 22.8 Å². The second-order valence-corrected chi connectivity index (χ2v) is 12.4. The molecule has 12 nitrogen and oxygen atoms in total. The van der Waals surface area contributed by atoms with Crippen LogP contribution < -0.4 is 14.8 Å². The predicted octanol–water partition coefficient (Wildman–Crippen LogP) is 4.68. The Bertz CT molecular complexity index is 1340. The molecule has 0 bridgehead atoms. The maximum atomic E-state index is 12.6. The second-order valence-electron chi connectivity index (χ2n) is 10.6. The molecule has 0 aromatic heterocycles. The van der Waals surface area contributed by atoms with Crippen molar-refractivity contribution in [1.82, 2.24) is 14.3 Å². The number of hydrogen-bond donors (Lipinski definition) is 2. The Balaban J connectivity index is 2.05. The molecule has 0 fully saturated rings. The molecule has 0 heterocycles. The van der Waals surface area contributed by atoms with Crippen LogP contribution in [0.1, 0.15) is 64.4 Å². The zero-order chi connectivity index (χ0) is 30.3. The first-order valence-electron chi connectivity index (χ1n) is 12.3. The highest BCUT2D eigenvalue weighted by Gasteiger charge is 2.31. The highest BCUT2D eigenvalue weighted by Crippen LogP contribution is 2.20. The quantitative estimate of drug-likeness (QED) is 0.209. The first kappa shape index (κ1) is 32.2. The van der Waals surface area contributed by atoms with Crippen LogP contribution >= 0.6 is 0 Å². The summed E-state index contributed by atoms with van der Waals surface area (Å²) in [5.41, 5.74) is -0.309. The molecule has 218 valence electrons. The van der Waals surface area contributed by atoms with Crippen LogP contribution in [0.15, 0.2) is 53.5 Å². The monoisotopic (exact) mass is 576 g/mol. The molecule has 0 aliphatic rings. The zero-order valence-corrected chi connectivity index (χ0v) is 24.7. The number of ether oxygens (including phenoxy) is 3. The Labute approximate surface area is 234 Å². The van der Waals surface area contributed by atoms with Crippen LogP contribution in [0.5, 0.6) is 5.75 Å². The number of amidine groups is 1. The summed E-state index contributed by atoms with van der Waals surface area (Å²) in [5.74, 6) is -0.0917. The molecule has 0 saturated heterocycles. The molecule has 13 heteroatoms. The molecule has 2 amide bonds. The third-order valence-electron chi connectivity index (χ3n) is 4.69. The van der Waals surface area contributed by atoms with Gasteiger partial charge < -0.3 is 14.2 Å². The van der Waals surface area contributed by atoms with Gasteiger partial charge in [0.2, 0.25) is 0 Å². The number of benzene rings is 2. The molecule has 0 aliphatic carbocycles. The van der Waals surface area contributed by atoms with Crippen LogP contribution in [0.2, 0.25) is 0 Å². The normalized spacial score (nSPS) is 12.3. The van der Waals surface area contributed by atoms with Crippen LogP contribution in [0.3, 0.4) is 0 Å². The number of rotatable bonds is 7. The van der Waals surface area contributed by atoms with Crippen molar-refractivity contribution in [3.05, 3.63) is 59.7 Å². The van der Waals surface area contributed by atoms with Gasteiger partial charge in [-0.15, -0.1) is 0 Å². The standard InChI is InChI=1S/C27H36N4O8S/c1-18(30-24(33)38-26(2,3)4)29-21-13-11-20(12-14-21)23(32)37-22-15-9-19(10-16-22)17-31(40(35,36)28-8)25(34)39-27(5,6)7/h9-16,28H,17H2,1-8H3,(H,29,30,33). The van der Waals surface area contributed by atoms with E-state index in [-0.39, 0.29) is 17.9 Å². The average Bonchev–Trinajstić information content (AvgIpc) is 2.81. The van der Waals surface area contributed by atoms with Crippen molar-refractivity contribution >= 4 is 39.9 Å². The predicted molar refractivity (Wildman–Crippen MR) is 150 cm³/mol. The molecule has 40 heavy (non-hydrogen) atoms. The maximum Gasteiger partial charge on any atom is 0.425 e. The van der Waals surface area contributed by atoms with Gasteiger partial charge in [-0.05, 0) is 90.4 Å². The lowest BCUT2D eigenvalue weighted by atomic mass is 10.2. The Morgan fingerprint density at radius 1 is 0.875 bits per heavy atom. The summed E-state index contributed by atoms with van der Waals surface area (Å²) in [6.07, 6.45) is -1.65. The molecule has 0 radical (unpaired) electrons. The van der Waals surface area contributed by atoms with Gasteiger partial charge in [0.15, 0.2) is 0 Å². The summed E-state index contributed by atoms with van der Waals surface area (Å²) in [6.45, 7) is 11.5. The van der Waals surface area contributed by atoms with Crippen molar-refractivity contribution in [2.75, 3.05) is 7.05 Å². The Morgan fingerprint density at radius 2 is 1.43 bits per heavy atom. The topological polar surface area (TPSA) is 153 Å². The summed E-state index contributed by atoms with van der Waals surface area (Å²) in [5, 5.41) is 2.53. The summed E-state index contributed by atoms with van der Waals surface area (Å²) in [6, 6.07) is 12.3. The van der Waals surface area contributed by atoms with Gasteiger partial charge in [0, 0.05) is 7.05 Å². The SMILES string of the molecule is CNS(=O)(=O)N(Cc1ccc(OC(=O)c2ccc(N=C(C)NC(=O)OC(C)(C)C)cc2)cc1)C(=O)OC(C)(C)C. The third-order valence-corrected chi connectivity index (χ3v) is 6.06. The van der Waals surface area contributed by atoms with E-state index < -0.39 is 39.6 Å². The van der Waals surface area contributed by atoms with Crippen molar-refractivity contribution in [2.24, 2.45) is 4.99 Å². The molecule has 2 aromatic carbocycles. The van der Waals surface area contributed by atoms with Crippen LogP contribution in [-0.2, 0) is 26.2 Å². The average molecular weight is 577 g/mol. The van der Waals surface area contributed by atoms with Gasteiger partial charge in [-0.2, -0.15) is 12.7 Å². The van der Waals surface area contributed by atoms with Crippen LogP contribution in [0.4, 0.5) is 15.3 Å².